The molecule has 0 aromatic heterocycles. The average molecular weight is 403 g/mol. The molecule has 0 unspecified atom stereocenters. The van der Waals surface area contributed by atoms with Crippen molar-refractivity contribution in [1.82, 2.24) is 5.32 Å². The maximum atomic E-state index is 3.77. The molecular weight excluding hydrogens is 380 g/mol. The molecule has 2 aliphatic rings. The molecule has 0 saturated heterocycles. The van der Waals surface area contributed by atoms with Crippen molar-refractivity contribution in [3.8, 4) is 11.1 Å². The molecule has 0 amide bonds. The number of hydrogen-bond acceptors (Lipinski definition) is 3. The molecule has 0 radical (unpaired) electrons. The van der Waals surface area contributed by atoms with Crippen molar-refractivity contribution in [2.45, 2.75) is 43.0 Å². The monoisotopic (exact) mass is 402 g/mol. The summed E-state index contributed by atoms with van der Waals surface area (Å²) in [7, 11) is 0. The topological polar surface area (TPSA) is 15.3 Å². The second-order valence-electron chi connectivity index (χ2n) is 6.64. The smallest absolute Gasteiger partial charge is 0.0553 e. The molecule has 4 heteroatoms. The Balaban J connectivity index is 1.50. The van der Waals surface area contributed by atoms with Crippen LogP contribution in [0.15, 0.2) is 51.8 Å². The van der Waals surface area contributed by atoms with Gasteiger partial charge in [-0.15, -0.1) is 0 Å². The molecule has 126 valence electrons. The van der Waals surface area contributed by atoms with Crippen LogP contribution in [-0.4, -0.2) is 19.1 Å². The minimum atomic E-state index is 0.727. The van der Waals surface area contributed by atoms with E-state index < -0.39 is 0 Å². The fourth-order valence-electron chi connectivity index (χ4n) is 3.72. The van der Waals surface area contributed by atoms with Gasteiger partial charge in [0.1, 0.15) is 0 Å². The number of anilines is 1. The van der Waals surface area contributed by atoms with Crippen LogP contribution in [0, 0.1) is 0 Å². The molecule has 1 fully saturated rings. The Morgan fingerprint density at radius 3 is 2.75 bits per heavy atom. The third-order valence-corrected chi connectivity index (χ3v) is 6.61. The molecular formula is C20H23BrN2S. The highest BCUT2D eigenvalue weighted by Crippen LogP contribution is 2.46. The number of rotatable bonds is 4. The molecule has 24 heavy (non-hydrogen) atoms. The standard InChI is InChI=1S/C20H23BrN2S/c21-15-10-11-19-18(14-15)17-8-4-5-9-20(17)24-23(19)13-12-22-16-6-2-1-3-7-16/h4-5,8-11,14,16,22H,1-3,6-7,12-13H2. The number of benzene rings is 2. The Morgan fingerprint density at radius 1 is 1.04 bits per heavy atom. The predicted octanol–water partition coefficient (Wildman–Crippen LogP) is 5.87. The van der Waals surface area contributed by atoms with Crippen molar-refractivity contribution in [1.29, 1.82) is 0 Å². The quantitative estimate of drug-likeness (QED) is 0.644. The summed E-state index contributed by atoms with van der Waals surface area (Å²) in [5.74, 6) is 0. The largest absolute Gasteiger partial charge is 0.312 e. The first kappa shape index (κ1) is 16.5. The van der Waals surface area contributed by atoms with Crippen LogP contribution in [0.3, 0.4) is 0 Å². The summed E-state index contributed by atoms with van der Waals surface area (Å²) in [5.41, 5.74) is 4.00. The van der Waals surface area contributed by atoms with Gasteiger partial charge >= 0.3 is 0 Å². The van der Waals surface area contributed by atoms with Gasteiger partial charge in [-0.3, -0.25) is 0 Å². The Bertz CT molecular complexity index is 713. The van der Waals surface area contributed by atoms with Crippen LogP contribution in [0.5, 0.6) is 0 Å². The number of nitrogens with zero attached hydrogens (tertiary/aromatic N) is 1. The van der Waals surface area contributed by atoms with Crippen molar-refractivity contribution in [2.24, 2.45) is 0 Å². The fraction of sp³-hybridized carbons (Fsp3) is 0.400. The Kier molecular flexibility index (Phi) is 5.16. The normalized spacial score (nSPS) is 17.5. The second kappa shape index (κ2) is 7.51. The number of fused-ring (bicyclic) bond motifs is 3. The highest BCUT2D eigenvalue weighted by molar-refractivity contribution is 9.10. The summed E-state index contributed by atoms with van der Waals surface area (Å²) in [6.45, 7) is 2.08. The minimum absolute atomic E-state index is 0.727. The van der Waals surface area contributed by atoms with E-state index in [4.69, 9.17) is 0 Å². The first-order valence-electron chi connectivity index (χ1n) is 8.89. The van der Waals surface area contributed by atoms with E-state index in [1.165, 1.54) is 53.8 Å². The van der Waals surface area contributed by atoms with E-state index in [1.807, 2.05) is 11.9 Å². The van der Waals surface area contributed by atoms with E-state index in [-0.39, 0.29) is 0 Å². The molecule has 0 atom stereocenters. The molecule has 1 saturated carbocycles. The van der Waals surface area contributed by atoms with Gasteiger partial charge in [-0.05, 0) is 54.6 Å². The van der Waals surface area contributed by atoms with Crippen molar-refractivity contribution >= 4 is 33.6 Å². The molecule has 4 rings (SSSR count). The first-order chi connectivity index (χ1) is 11.8. The van der Waals surface area contributed by atoms with E-state index in [1.54, 1.807) is 0 Å². The zero-order valence-corrected chi connectivity index (χ0v) is 16.2. The average Bonchev–Trinajstić information content (AvgIpc) is 2.62. The van der Waals surface area contributed by atoms with Gasteiger partial charge < -0.3 is 9.62 Å². The summed E-state index contributed by atoms with van der Waals surface area (Å²) >= 11 is 5.50. The third kappa shape index (κ3) is 3.51. The molecule has 1 aliphatic heterocycles. The van der Waals surface area contributed by atoms with Crippen molar-refractivity contribution in [2.75, 3.05) is 17.4 Å². The van der Waals surface area contributed by atoms with E-state index in [0.29, 0.717) is 0 Å². The van der Waals surface area contributed by atoms with E-state index in [0.717, 1.165) is 23.6 Å². The molecule has 0 bridgehead atoms. The van der Waals surface area contributed by atoms with Crippen LogP contribution in [0.25, 0.3) is 11.1 Å². The molecule has 2 nitrogen and oxygen atoms in total. The summed E-state index contributed by atoms with van der Waals surface area (Å²) < 4.78 is 3.59. The number of halogens is 1. The van der Waals surface area contributed by atoms with Gasteiger partial charge in [-0.2, -0.15) is 0 Å². The third-order valence-electron chi connectivity index (χ3n) is 4.97. The predicted molar refractivity (Wildman–Crippen MR) is 108 cm³/mol. The van der Waals surface area contributed by atoms with E-state index in [2.05, 4.69) is 68.0 Å². The highest BCUT2D eigenvalue weighted by atomic mass is 79.9. The van der Waals surface area contributed by atoms with Gasteiger partial charge in [0.15, 0.2) is 0 Å². The van der Waals surface area contributed by atoms with Crippen LogP contribution in [0.1, 0.15) is 32.1 Å². The van der Waals surface area contributed by atoms with E-state index >= 15 is 0 Å². The summed E-state index contributed by atoms with van der Waals surface area (Å²) in [6, 6.07) is 16.1. The maximum absolute atomic E-state index is 3.77. The van der Waals surface area contributed by atoms with Crippen molar-refractivity contribution < 1.29 is 0 Å². The van der Waals surface area contributed by atoms with Gasteiger partial charge in [0, 0.05) is 34.1 Å². The summed E-state index contributed by atoms with van der Waals surface area (Å²) in [6.07, 6.45) is 6.89. The van der Waals surface area contributed by atoms with Crippen molar-refractivity contribution in [3.05, 3.63) is 46.9 Å². The van der Waals surface area contributed by atoms with Gasteiger partial charge in [-0.1, -0.05) is 53.4 Å². The zero-order valence-electron chi connectivity index (χ0n) is 13.8. The maximum Gasteiger partial charge on any atom is 0.0553 e. The lowest BCUT2D eigenvalue weighted by Crippen LogP contribution is -2.36. The second-order valence-corrected chi connectivity index (χ2v) is 8.62. The van der Waals surface area contributed by atoms with Gasteiger partial charge in [0.25, 0.3) is 0 Å². The van der Waals surface area contributed by atoms with Crippen LogP contribution in [0.4, 0.5) is 5.69 Å². The molecule has 0 spiro atoms. The van der Waals surface area contributed by atoms with Gasteiger partial charge in [0.2, 0.25) is 0 Å². The molecule has 1 N–H and O–H groups in total. The number of nitrogens with one attached hydrogen (secondary N) is 1. The minimum Gasteiger partial charge on any atom is -0.312 e. The number of hydrogen-bond donors (Lipinski definition) is 1. The van der Waals surface area contributed by atoms with Crippen LogP contribution >= 0.6 is 27.9 Å². The lowest BCUT2D eigenvalue weighted by atomic mass is 9.95. The first-order valence-corrected chi connectivity index (χ1v) is 10.5. The van der Waals surface area contributed by atoms with Gasteiger partial charge in [-0.25, -0.2) is 0 Å². The molecule has 1 heterocycles. The SMILES string of the molecule is Brc1ccc2c(c1)-c1ccccc1SN2CCNC1CCCCC1. The van der Waals surface area contributed by atoms with E-state index in [9.17, 15) is 0 Å². The highest BCUT2D eigenvalue weighted by Gasteiger charge is 2.23. The Labute approximate surface area is 157 Å². The van der Waals surface area contributed by atoms with Gasteiger partial charge in [0.05, 0.1) is 5.69 Å². The molecule has 2 aromatic rings. The van der Waals surface area contributed by atoms with Crippen LogP contribution in [-0.2, 0) is 0 Å². The van der Waals surface area contributed by atoms with Crippen LogP contribution in [0.2, 0.25) is 0 Å². The lowest BCUT2D eigenvalue weighted by Gasteiger charge is -2.32. The Morgan fingerprint density at radius 2 is 1.88 bits per heavy atom. The summed E-state index contributed by atoms with van der Waals surface area (Å²) in [5, 5.41) is 3.77. The van der Waals surface area contributed by atoms with Crippen molar-refractivity contribution in [3.63, 3.8) is 0 Å². The molecule has 2 aromatic carbocycles. The fourth-order valence-corrected chi connectivity index (χ4v) is 5.18. The summed E-state index contributed by atoms with van der Waals surface area (Å²) in [4.78, 5) is 1.35. The zero-order chi connectivity index (χ0) is 16.4. The molecule has 1 aliphatic carbocycles. The lowest BCUT2D eigenvalue weighted by molar-refractivity contribution is 0.377. The Hall–Kier alpha value is -0.970. The van der Waals surface area contributed by atoms with Crippen LogP contribution < -0.4 is 9.62 Å².